The molecule has 0 aliphatic rings. The molecule has 0 saturated carbocycles. The number of carbonyl (C=O) groups excluding carboxylic acids is 2. The van der Waals surface area contributed by atoms with Gasteiger partial charge in [0.2, 0.25) is 5.91 Å². The molecule has 0 heterocycles. The van der Waals surface area contributed by atoms with Gasteiger partial charge in [-0.2, -0.15) is 0 Å². The van der Waals surface area contributed by atoms with Gasteiger partial charge in [0.15, 0.2) is 0 Å². The van der Waals surface area contributed by atoms with E-state index in [1.807, 2.05) is 94.1 Å². The monoisotopic (exact) mass is 1080 g/mol. The molecule has 0 aliphatic heterocycles. The van der Waals surface area contributed by atoms with Gasteiger partial charge in [0.1, 0.15) is 19.3 Å². The molecule has 1 amide bonds. The van der Waals surface area contributed by atoms with E-state index in [-0.39, 0.29) is 37.9 Å². The number of nitrogens with one attached hydrogen (secondary N) is 1. The van der Waals surface area contributed by atoms with E-state index >= 15 is 0 Å². The predicted octanol–water partition coefficient (Wildman–Crippen LogP) is 18.7. The molecule has 9 nitrogen and oxygen atoms in total. The van der Waals surface area contributed by atoms with E-state index < -0.39 is 20.0 Å². The van der Waals surface area contributed by atoms with Gasteiger partial charge in [-0.25, -0.2) is 4.57 Å². The van der Waals surface area contributed by atoms with Crippen molar-refractivity contribution >= 4 is 19.7 Å². The number of carbonyl (C=O) groups is 2. The molecule has 2 N–H and O–H groups in total. The third-order valence-electron chi connectivity index (χ3n) is 12.8. The van der Waals surface area contributed by atoms with Crippen molar-refractivity contribution in [3.63, 3.8) is 0 Å². The van der Waals surface area contributed by atoms with E-state index in [1.165, 1.54) is 103 Å². The number of likely N-dealkylation sites (N-methyl/N-ethyl adjacent to an activating group) is 1. The first-order valence-electron chi connectivity index (χ1n) is 30.4. The first-order valence-corrected chi connectivity index (χ1v) is 31.9. The molecule has 0 bridgehead atoms. The number of rotatable bonds is 53. The number of quaternary nitrogens is 1. The third kappa shape index (κ3) is 55.2. The number of phosphoric acid groups is 1. The average molecular weight is 1080 g/mol. The largest absolute Gasteiger partial charge is 0.472 e. The third-order valence-corrected chi connectivity index (χ3v) is 13.8. The minimum atomic E-state index is -4.47. The van der Waals surface area contributed by atoms with Crippen molar-refractivity contribution in [2.75, 3.05) is 40.9 Å². The number of unbranched alkanes of at least 4 members (excludes halogenated alkanes) is 24. The summed E-state index contributed by atoms with van der Waals surface area (Å²) in [6, 6.07) is -0.883. The molecular formula is C66H114N2O7P+. The molecule has 0 fully saturated rings. The Bertz CT molecular complexity index is 1720. The topological polar surface area (TPSA) is 111 Å². The second-order valence-electron chi connectivity index (χ2n) is 21.3. The van der Waals surface area contributed by atoms with Gasteiger partial charge >= 0.3 is 13.8 Å². The van der Waals surface area contributed by atoms with Crippen molar-refractivity contribution < 1.29 is 37.3 Å². The van der Waals surface area contributed by atoms with E-state index in [4.69, 9.17) is 13.8 Å². The SMILES string of the molecule is CC\C=C/C=C/C=C/C=C\C=C\C=C\CCCCCC(=O)NC(COP(=O)(O)OCC[N+](C)(C)C)C(/C=C/CCCCCCCCCCCC)OC(=O)CCCCCCCCCC/C=C\C/C=C\C/C=C\CCCCC. The fraction of sp³-hybridized carbons (Fsp3) is 0.667. The average Bonchev–Trinajstić information content (AvgIpc) is 3.38. The Labute approximate surface area is 467 Å². The van der Waals surface area contributed by atoms with Gasteiger partial charge in [0, 0.05) is 12.8 Å². The lowest BCUT2D eigenvalue weighted by molar-refractivity contribution is -0.870. The van der Waals surface area contributed by atoms with Crippen molar-refractivity contribution in [1.29, 1.82) is 0 Å². The normalized spacial score (nSPS) is 14.6. The van der Waals surface area contributed by atoms with Crippen LogP contribution in [-0.4, -0.2) is 74.3 Å². The quantitative estimate of drug-likeness (QED) is 0.0156. The van der Waals surface area contributed by atoms with E-state index in [0.717, 1.165) is 89.9 Å². The Morgan fingerprint density at radius 1 is 0.487 bits per heavy atom. The number of esters is 1. The summed E-state index contributed by atoms with van der Waals surface area (Å²) in [5.74, 6) is -0.573. The summed E-state index contributed by atoms with van der Waals surface area (Å²) in [5, 5.41) is 3.02. The maximum Gasteiger partial charge on any atom is 0.472 e. The zero-order valence-corrected chi connectivity index (χ0v) is 50.3. The summed E-state index contributed by atoms with van der Waals surface area (Å²) in [5.41, 5.74) is 0. The van der Waals surface area contributed by atoms with E-state index in [0.29, 0.717) is 17.4 Å². The Kier molecular flexibility index (Phi) is 52.2. The van der Waals surface area contributed by atoms with Crippen LogP contribution < -0.4 is 5.32 Å². The molecule has 434 valence electrons. The lowest BCUT2D eigenvalue weighted by Crippen LogP contribution is -2.47. The summed E-state index contributed by atoms with van der Waals surface area (Å²) in [4.78, 5) is 37.7. The van der Waals surface area contributed by atoms with Gasteiger partial charge in [-0.05, 0) is 89.5 Å². The summed E-state index contributed by atoms with van der Waals surface area (Å²) < 4.78 is 30.6. The molecule has 3 atom stereocenters. The molecule has 0 aromatic carbocycles. The summed E-state index contributed by atoms with van der Waals surface area (Å²) in [7, 11) is 1.44. The number of hydrogen-bond acceptors (Lipinski definition) is 6. The van der Waals surface area contributed by atoms with Crippen LogP contribution in [0.5, 0.6) is 0 Å². The second-order valence-corrected chi connectivity index (χ2v) is 22.7. The smallest absolute Gasteiger partial charge is 0.456 e. The van der Waals surface area contributed by atoms with Crippen LogP contribution in [0.1, 0.15) is 233 Å². The van der Waals surface area contributed by atoms with Crippen molar-refractivity contribution in [3.05, 3.63) is 122 Å². The van der Waals surface area contributed by atoms with Crippen LogP contribution in [0.2, 0.25) is 0 Å². The van der Waals surface area contributed by atoms with Crippen molar-refractivity contribution in [2.24, 2.45) is 0 Å². The van der Waals surface area contributed by atoms with Crippen LogP contribution >= 0.6 is 7.82 Å². The van der Waals surface area contributed by atoms with Crippen LogP contribution in [0.15, 0.2) is 122 Å². The summed E-state index contributed by atoms with van der Waals surface area (Å²) in [6.07, 6.45) is 76.2. The lowest BCUT2D eigenvalue weighted by Gasteiger charge is -2.27. The minimum absolute atomic E-state index is 0.0229. The first-order chi connectivity index (χ1) is 36.9. The minimum Gasteiger partial charge on any atom is -0.456 e. The molecule has 0 spiro atoms. The molecule has 0 radical (unpaired) electrons. The van der Waals surface area contributed by atoms with Crippen LogP contribution in [-0.2, 0) is 27.9 Å². The number of amides is 1. The van der Waals surface area contributed by atoms with Crippen LogP contribution in [0.4, 0.5) is 0 Å². The maximum absolute atomic E-state index is 13.5. The summed E-state index contributed by atoms with van der Waals surface area (Å²) in [6.45, 7) is 6.78. The number of phosphoric ester groups is 1. The summed E-state index contributed by atoms with van der Waals surface area (Å²) >= 11 is 0. The molecule has 0 aromatic heterocycles. The van der Waals surface area contributed by atoms with E-state index in [1.54, 1.807) is 0 Å². The Hall–Kier alpha value is -3.59. The molecule has 0 rings (SSSR count). The molecule has 0 aromatic rings. The van der Waals surface area contributed by atoms with Crippen LogP contribution in [0.25, 0.3) is 0 Å². The van der Waals surface area contributed by atoms with E-state index in [2.05, 4.69) is 74.7 Å². The highest BCUT2D eigenvalue weighted by molar-refractivity contribution is 7.47. The Morgan fingerprint density at radius 2 is 0.895 bits per heavy atom. The Morgan fingerprint density at radius 3 is 1.42 bits per heavy atom. The maximum atomic E-state index is 13.5. The second kappa shape index (κ2) is 54.8. The molecule has 10 heteroatoms. The van der Waals surface area contributed by atoms with Crippen molar-refractivity contribution in [3.8, 4) is 0 Å². The van der Waals surface area contributed by atoms with Crippen molar-refractivity contribution in [1.82, 2.24) is 5.32 Å². The van der Waals surface area contributed by atoms with Gasteiger partial charge in [-0.3, -0.25) is 18.6 Å². The fourth-order valence-electron chi connectivity index (χ4n) is 8.09. The highest BCUT2D eigenvalue weighted by Crippen LogP contribution is 2.43. The van der Waals surface area contributed by atoms with E-state index in [9.17, 15) is 19.0 Å². The number of allylic oxidation sites excluding steroid dienone is 19. The van der Waals surface area contributed by atoms with Crippen molar-refractivity contribution in [2.45, 2.75) is 245 Å². The van der Waals surface area contributed by atoms with Crippen LogP contribution in [0, 0.1) is 0 Å². The highest BCUT2D eigenvalue weighted by atomic mass is 31.2. The number of hydrogen-bond donors (Lipinski definition) is 2. The lowest BCUT2D eigenvalue weighted by atomic mass is 10.0. The van der Waals surface area contributed by atoms with Gasteiger partial charge < -0.3 is 19.4 Å². The zero-order valence-electron chi connectivity index (χ0n) is 49.4. The van der Waals surface area contributed by atoms with Gasteiger partial charge in [-0.1, -0.05) is 252 Å². The first kappa shape index (κ1) is 72.4. The molecule has 0 aliphatic carbocycles. The van der Waals surface area contributed by atoms with Gasteiger partial charge in [0.25, 0.3) is 0 Å². The standard InChI is InChI=1S/C66H113N2O7P/c1-7-10-13-16-19-22-25-28-30-32-33-34-35-37-39-41-44-47-50-53-56-59-66(70)75-64(57-54-51-48-45-42-27-24-21-18-15-12-9-3)63(62-74-76(71,72)73-61-60-68(4,5)6)67-65(69)58-55-52-49-46-43-40-38-36-31-29-26-23-20-17-14-11-8-2/h11,14,17,19-20,22-23,26,28-31,33-34,36,38,40,43,54,57,63-64H,7-10,12-13,15-16,18,21,24-25,27,32,35,37,39,41-42,44-53,55-56,58-62H2,1-6H3,(H-,67,69,71,72)/p+1/b14-11-,20-17+,22-19-,26-23+,30-28-,31-29-,34-33-,38-36+,43-40+,57-54+. The number of nitrogens with zero attached hydrogens (tertiary/aromatic N) is 1. The Balaban J connectivity index is 5.37. The predicted molar refractivity (Wildman–Crippen MR) is 327 cm³/mol. The fourth-order valence-corrected chi connectivity index (χ4v) is 8.83. The zero-order chi connectivity index (χ0) is 55.7. The van der Waals surface area contributed by atoms with Crippen LogP contribution in [0.3, 0.4) is 0 Å². The highest BCUT2D eigenvalue weighted by Gasteiger charge is 2.30. The van der Waals surface area contributed by atoms with Gasteiger partial charge in [0.05, 0.1) is 33.8 Å². The molecular weight excluding hydrogens is 964 g/mol. The number of ether oxygens (including phenoxy) is 1. The van der Waals surface area contributed by atoms with Gasteiger partial charge in [-0.15, -0.1) is 0 Å². The molecule has 76 heavy (non-hydrogen) atoms. The molecule has 3 unspecified atom stereocenters. The molecule has 0 saturated heterocycles.